The lowest BCUT2D eigenvalue weighted by Gasteiger charge is -2.25. The number of nitrogens with zero attached hydrogens (tertiary/aromatic N) is 3. The van der Waals surface area contributed by atoms with Crippen LogP contribution in [0.1, 0.15) is 30.2 Å². The van der Waals surface area contributed by atoms with E-state index in [9.17, 15) is 4.79 Å². The first kappa shape index (κ1) is 15.6. The SMILES string of the molecule is CNC(=O)C1(C)CCN(c2nnc(C)c(C)c2C(N)=S)C1. The summed E-state index contributed by atoms with van der Waals surface area (Å²) in [5, 5.41) is 11.2. The van der Waals surface area contributed by atoms with Crippen molar-refractivity contribution in [2.24, 2.45) is 11.1 Å². The third-order valence-corrected chi connectivity index (χ3v) is 4.43. The van der Waals surface area contributed by atoms with Crippen molar-refractivity contribution in [2.45, 2.75) is 27.2 Å². The Morgan fingerprint density at radius 3 is 2.67 bits per heavy atom. The van der Waals surface area contributed by atoms with Gasteiger partial charge in [-0.15, -0.1) is 5.10 Å². The zero-order chi connectivity index (χ0) is 15.8. The van der Waals surface area contributed by atoms with Gasteiger partial charge in [-0.2, -0.15) is 5.10 Å². The maximum atomic E-state index is 12.0. The topological polar surface area (TPSA) is 84.1 Å². The number of nitrogens with one attached hydrogen (secondary N) is 1. The molecule has 1 fully saturated rings. The predicted molar refractivity (Wildman–Crippen MR) is 86.4 cm³/mol. The maximum Gasteiger partial charge on any atom is 0.227 e. The smallest absolute Gasteiger partial charge is 0.227 e. The predicted octanol–water partition coefficient (Wildman–Crippen LogP) is 0.690. The molecule has 2 rings (SSSR count). The average molecular weight is 307 g/mol. The number of carbonyl (C=O) groups excluding carboxylic acids is 1. The van der Waals surface area contributed by atoms with Gasteiger partial charge < -0.3 is 16.0 Å². The molecule has 1 unspecified atom stereocenters. The van der Waals surface area contributed by atoms with Crippen molar-refractivity contribution < 1.29 is 4.79 Å². The number of aryl methyl sites for hydroxylation is 1. The third kappa shape index (κ3) is 2.70. The molecule has 0 aromatic carbocycles. The minimum absolute atomic E-state index is 0.0404. The van der Waals surface area contributed by atoms with Gasteiger partial charge in [0.25, 0.3) is 0 Å². The van der Waals surface area contributed by atoms with Crippen LogP contribution in [0.15, 0.2) is 0 Å². The highest BCUT2D eigenvalue weighted by Gasteiger charge is 2.41. The van der Waals surface area contributed by atoms with Crippen LogP contribution in [0.25, 0.3) is 0 Å². The van der Waals surface area contributed by atoms with E-state index in [0.717, 1.165) is 29.8 Å². The van der Waals surface area contributed by atoms with E-state index in [4.69, 9.17) is 18.0 Å². The Morgan fingerprint density at radius 2 is 2.10 bits per heavy atom. The molecular weight excluding hydrogens is 286 g/mol. The van der Waals surface area contributed by atoms with Gasteiger partial charge in [0.2, 0.25) is 5.91 Å². The van der Waals surface area contributed by atoms with E-state index in [1.807, 2.05) is 25.7 Å². The maximum absolute atomic E-state index is 12.0. The average Bonchev–Trinajstić information content (AvgIpc) is 2.84. The first-order valence-electron chi connectivity index (χ1n) is 6.91. The second-order valence-corrected chi connectivity index (χ2v) is 6.22. The lowest BCUT2D eigenvalue weighted by atomic mass is 9.89. The zero-order valence-corrected chi connectivity index (χ0v) is 13.7. The summed E-state index contributed by atoms with van der Waals surface area (Å²) in [6.07, 6.45) is 0.762. The van der Waals surface area contributed by atoms with Crippen LogP contribution < -0.4 is 16.0 Å². The summed E-state index contributed by atoms with van der Waals surface area (Å²) in [6, 6.07) is 0. The molecule has 1 aliphatic rings. The number of hydrogen-bond donors (Lipinski definition) is 2. The van der Waals surface area contributed by atoms with Crippen LogP contribution in [0.3, 0.4) is 0 Å². The number of aromatic nitrogens is 2. The lowest BCUT2D eigenvalue weighted by molar-refractivity contribution is -0.128. The first-order chi connectivity index (χ1) is 9.80. The minimum Gasteiger partial charge on any atom is -0.389 e. The Balaban J connectivity index is 2.39. The normalized spacial score (nSPS) is 21.4. The van der Waals surface area contributed by atoms with E-state index < -0.39 is 5.41 Å². The van der Waals surface area contributed by atoms with E-state index >= 15 is 0 Å². The number of anilines is 1. The number of hydrogen-bond acceptors (Lipinski definition) is 5. The number of carbonyl (C=O) groups is 1. The van der Waals surface area contributed by atoms with Gasteiger partial charge in [-0.1, -0.05) is 12.2 Å². The minimum atomic E-state index is -0.428. The molecule has 1 aromatic rings. The van der Waals surface area contributed by atoms with Crippen molar-refractivity contribution in [2.75, 3.05) is 25.0 Å². The summed E-state index contributed by atoms with van der Waals surface area (Å²) in [6.45, 7) is 7.10. The summed E-state index contributed by atoms with van der Waals surface area (Å²) in [4.78, 5) is 14.4. The van der Waals surface area contributed by atoms with E-state index in [1.54, 1.807) is 7.05 Å². The Hall–Kier alpha value is -1.76. The largest absolute Gasteiger partial charge is 0.389 e. The molecule has 1 aliphatic heterocycles. The molecule has 1 amide bonds. The molecule has 1 aromatic heterocycles. The van der Waals surface area contributed by atoms with Crippen LogP contribution in [0.4, 0.5) is 5.82 Å². The molecule has 2 heterocycles. The molecule has 21 heavy (non-hydrogen) atoms. The van der Waals surface area contributed by atoms with E-state index in [-0.39, 0.29) is 5.91 Å². The highest BCUT2D eigenvalue weighted by atomic mass is 32.1. The number of nitrogens with two attached hydrogens (primary N) is 1. The Bertz CT molecular complexity index is 603. The van der Waals surface area contributed by atoms with Crippen LogP contribution in [0.2, 0.25) is 0 Å². The number of rotatable bonds is 3. The van der Waals surface area contributed by atoms with Gasteiger partial charge in [0.05, 0.1) is 16.7 Å². The fourth-order valence-electron chi connectivity index (χ4n) is 2.74. The lowest BCUT2D eigenvalue weighted by Crippen LogP contribution is -2.39. The van der Waals surface area contributed by atoms with Gasteiger partial charge in [0.1, 0.15) is 4.99 Å². The first-order valence-corrected chi connectivity index (χ1v) is 7.32. The second kappa shape index (κ2) is 5.55. The van der Waals surface area contributed by atoms with Crippen molar-refractivity contribution in [3.05, 3.63) is 16.8 Å². The molecule has 1 atom stereocenters. The van der Waals surface area contributed by atoms with Gasteiger partial charge in [-0.3, -0.25) is 4.79 Å². The molecule has 7 heteroatoms. The summed E-state index contributed by atoms with van der Waals surface area (Å²) >= 11 is 5.17. The number of thiocarbonyl (C=S) groups is 1. The van der Waals surface area contributed by atoms with Crippen LogP contribution in [-0.4, -0.2) is 41.2 Å². The quantitative estimate of drug-likeness (QED) is 0.799. The highest BCUT2D eigenvalue weighted by Crippen LogP contribution is 2.34. The third-order valence-electron chi connectivity index (χ3n) is 4.23. The summed E-state index contributed by atoms with van der Waals surface area (Å²) < 4.78 is 0. The molecule has 0 spiro atoms. The van der Waals surface area contributed by atoms with Gasteiger partial charge >= 0.3 is 0 Å². The van der Waals surface area contributed by atoms with E-state index in [1.165, 1.54) is 0 Å². The van der Waals surface area contributed by atoms with Gasteiger partial charge in [-0.25, -0.2) is 0 Å². The van der Waals surface area contributed by atoms with Gasteiger partial charge in [0.15, 0.2) is 5.82 Å². The Kier molecular flexibility index (Phi) is 4.13. The van der Waals surface area contributed by atoms with Gasteiger partial charge in [-0.05, 0) is 32.8 Å². The molecule has 6 nitrogen and oxygen atoms in total. The number of amides is 1. The van der Waals surface area contributed by atoms with E-state index in [2.05, 4.69) is 15.5 Å². The molecule has 0 bridgehead atoms. The molecular formula is C14H21N5OS. The Labute approximate surface area is 130 Å². The fraction of sp³-hybridized carbons (Fsp3) is 0.571. The van der Waals surface area contributed by atoms with E-state index in [0.29, 0.717) is 17.4 Å². The zero-order valence-electron chi connectivity index (χ0n) is 12.9. The van der Waals surface area contributed by atoms with Crippen LogP contribution in [-0.2, 0) is 4.79 Å². The standard InChI is InChI=1S/C14H21N5OS/c1-8-9(2)17-18-12(10(8)11(15)21)19-6-5-14(3,7-19)13(20)16-4/h5-7H2,1-4H3,(H2,15,21)(H,16,20). The Morgan fingerprint density at radius 1 is 1.43 bits per heavy atom. The summed E-state index contributed by atoms with van der Waals surface area (Å²) in [5.41, 5.74) is 7.96. The molecule has 3 N–H and O–H groups in total. The molecule has 0 aliphatic carbocycles. The van der Waals surface area contributed by atoms with Crippen LogP contribution in [0.5, 0.6) is 0 Å². The fourth-order valence-corrected chi connectivity index (χ4v) is 2.99. The second-order valence-electron chi connectivity index (χ2n) is 5.78. The molecule has 0 saturated carbocycles. The van der Waals surface area contributed by atoms with Crippen LogP contribution >= 0.6 is 12.2 Å². The molecule has 0 radical (unpaired) electrons. The molecule has 114 valence electrons. The van der Waals surface area contributed by atoms with Crippen molar-refractivity contribution in [1.82, 2.24) is 15.5 Å². The van der Waals surface area contributed by atoms with Crippen molar-refractivity contribution in [1.29, 1.82) is 0 Å². The van der Waals surface area contributed by atoms with Crippen molar-refractivity contribution >= 4 is 28.9 Å². The monoisotopic (exact) mass is 307 g/mol. The van der Waals surface area contributed by atoms with Crippen molar-refractivity contribution in [3.8, 4) is 0 Å². The van der Waals surface area contributed by atoms with Crippen molar-refractivity contribution in [3.63, 3.8) is 0 Å². The molecule has 1 saturated heterocycles. The highest BCUT2D eigenvalue weighted by molar-refractivity contribution is 7.80. The summed E-state index contributed by atoms with van der Waals surface area (Å²) in [7, 11) is 1.66. The van der Waals surface area contributed by atoms with Gasteiger partial charge in [0, 0.05) is 20.1 Å². The summed E-state index contributed by atoms with van der Waals surface area (Å²) in [5.74, 6) is 0.719. The van der Waals surface area contributed by atoms with Crippen LogP contribution in [0, 0.1) is 19.3 Å².